The van der Waals surface area contributed by atoms with Crippen molar-refractivity contribution >= 4 is 35.3 Å². The van der Waals surface area contributed by atoms with E-state index in [1.54, 1.807) is 25.3 Å². The summed E-state index contributed by atoms with van der Waals surface area (Å²) in [5, 5.41) is 2.80. The number of aromatic nitrogens is 1. The normalized spacial score (nSPS) is 10.5. The molecule has 0 fully saturated rings. The van der Waals surface area contributed by atoms with Crippen LogP contribution in [0.25, 0.3) is 5.69 Å². The zero-order valence-corrected chi connectivity index (χ0v) is 15.5. The fourth-order valence-electron chi connectivity index (χ4n) is 2.41. The minimum atomic E-state index is -0.460. The number of nitrogens with two attached hydrogens (primary N) is 1. The smallest absolute Gasteiger partial charge is 0.265 e. The lowest BCUT2D eigenvalue weighted by atomic mass is 10.2. The van der Waals surface area contributed by atoms with E-state index in [-0.39, 0.29) is 22.3 Å². The van der Waals surface area contributed by atoms with Crippen LogP contribution < -0.4 is 15.8 Å². The summed E-state index contributed by atoms with van der Waals surface area (Å²) in [7, 11) is 1.59. The molecule has 1 heterocycles. The summed E-state index contributed by atoms with van der Waals surface area (Å²) in [4.78, 5) is 12.7. The molecule has 3 rings (SSSR count). The summed E-state index contributed by atoms with van der Waals surface area (Å²) >= 11 is 6.32. The highest BCUT2D eigenvalue weighted by Gasteiger charge is 2.19. The van der Waals surface area contributed by atoms with E-state index in [9.17, 15) is 9.18 Å². The van der Waals surface area contributed by atoms with Crippen LogP contribution in [-0.4, -0.2) is 17.6 Å². The third kappa shape index (κ3) is 3.61. The Kier molecular flexibility index (Phi) is 5.34. The molecule has 0 aliphatic carbocycles. The van der Waals surface area contributed by atoms with Crippen molar-refractivity contribution in [3.8, 4) is 11.4 Å². The Morgan fingerprint density at radius 3 is 2.62 bits per heavy atom. The molecule has 1 aromatic heterocycles. The summed E-state index contributed by atoms with van der Waals surface area (Å²) in [6, 6.07) is 13.5. The third-order valence-corrected chi connectivity index (χ3v) is 5.15. The van der Waals surface area contributed by atoms with Crippen LogP contribution in [0.1, 0.15) is 15.2 Å². The first-order chi connectivity index (χ1) is 12.5. The van der Waals surface area contributed by atoms with Crippen molar-refractivity contribution in [2.45, 2.75) is 6.54 Å². The monoisotopic (exact) mass is 389 g/mol. The topological polar surface area (TPSA) is 69.3 Å². The molecule has 0 radical (unpaired) electrons. The van der Waals surface area contributed by atoms with Gasteiger partial charge in [0.25, 0.3) is 5.91 Å². The molecule has 3 aromatic rings. The van der Waals surface area contributed by atoms with Crippen LogP contribution in [0.3, 0.4) is 0 Å². The maximum atomic E-state index is 14.0. The number of benzene rings is 2. The van der Waals surface area contributed by atoms with E-state index in [0.29, 0.717) is 10.5 Å². The second-order valence-electron chi connectivity index (χ2n) is 5.40. The largest absolute Gasteiger partial charge is 0.497 e. The Bertz CT molecular complexity index is 996. The van der Waals surface area contributed by atoms with E-state index in [4.69, 9.17) is 22.7 Å². The quantitative estimate of drug-likeness (QED) is 0.649. The Labute approximate surface area is 158 Å². The van der Waals surface area contributed by atoms with Crippen molar-refractivity contribution in [2.24, 2.45) is 0 Å². The average Bonchev–Trinajstić information content (AvgIpc) is 2.95. The van der Waals surface area contributed by atoms with Gasteiger partial charge in [-0.3, -0.25) is 9.36 Å². The maximum absolute atomic E-state index is 14.0. The van der Waals surface area contributed by atoms with E-state index >= 15 is 0 Å². The molecule has 0 atom stereocenters. The van der Waals surface area contributed by atoms with Gasteiger partial charge in [0.2, 0.25) is 0 Å². The summed E-state index contributed by atoms with van der Waals surface area (Å²) in [6.07, 6.45) is 0. The number of carbonyl (C=O) groups excluding carboxylic acids is 1. The molecule has 1 amide bonds. The Morgan fingerprint density at radius 2 is 1.96 bits per heavy atom. The van der Waals surface area contributed by atoms with Crippen molar-refractivity contribution in [3.63, 3.8) is 0 Å². The zero-order valence-electron chi connectivity index (χ0n) is 13.9. The van der Waals surface area contributed by atoms with Gasteiger partial charge in [-0.15, -0.1) is 0 Å². The van der Waals surface area contributed by atoms with Crippen LogP contribution in [0.5, 0.6) is 5.75 Å². The molecule has 134 valence electrons. The SMILES string of the molecule is COc1ccc(CNC(=O)c2sc(=S)n(-c3ccccc3F)c2N)cc1. The number of nitrogens with one attached hydrogen (secondary N) is 1. The number of para-hydroxylation sites is 1. The molecule has 0 aliphatic heterocycles. The molecular weight excluding hydrogens is 373 g/mol. The Morgan fingerprint density at radius 1 is 1.27 bits per heavy atom. The first-order valence-corrected chi connectivity index (χ1v) is 8.91. The second kappa shape index (κ2) is 7.67. The van der Waals surface area contributed by atoms with Crippen molar-refractivity contribution < 1.29 is 13.9 Å². The van der Waals surface area contributed by atoms with Crippen LogP contribution in [0.4, 0.5) is 10.2 Å². The van der Waals surface area contributed by atoms with Crippen LogP contribution in [-0.2, 0) is 6.54 Å². The number of halogens is 1. The first kappa shape index (κ1) is 18.1. The third-order valence-electron chi connectivity index (χ3n) is 3.76. The van der Waals surface area contributed by atoms with E-state index in [1.165, 1.54) is 10.6 Å². The van der Waals surface area contributed by atoms with Gasteiger partial charge in [0.15, 0.2) is 3.95 Å². The number of thiazole rings is 1. The van der Waals surface area contributed by atoms with Gasteiger partial charge in [0, 0.05) is 6.54 Å². The minimum Gasteiger partial charge on any atom is -0.497 e. The van der Waals surface area contributed by atoms with Crippen molar-refractivity contribution in [1.29, 1.82) is 0 Å². The Hall–Kier alpha value is -2.71. The molecule has 0 aliphatic rings. The maximum Gasteiger partial charge on any atom is 0.265 e. The second-order valence-corrected chi connectivity index (χ2v) is 7.04. The Balaban J connectivity index is 1.81. The van der Waals surface area contributed by atoms with Gasteiger partial charge in [-0.2, -0.15) is 0 Å². The lowest BCUT2D eigenvalue weighted by Crippen LogP contribution is -2.23. The lowest BCUT2D eigenvalue weighted by Gasteiger charge is -2.08. The molecule has 0 unspecified atom stereocenters. The summed E-state index contributed by atoms with van der Waals surface area (Å²) in [5.41, 5.74) is 7.21. The number of carbonyl (C=O) groups is 1. The summed E-state index contributed by atoms with van der Waals surface area (Å²) < 4.78 is 20.8. The number of hydrogen-bond donors (Lipinski definition) is 2. The molecule has 2 aromatic carbocycles. The number of amides is 1. The predicted molar refractivity (Wildman–Crippen MR) is 103 cm³/mol. The highest BCUT2D eigenvalue weighted by Crippen LogP contribution is 2.27. The van der Waals surface area contributed by atoms with Crippen molar-refractivity contribution in [2.75, 3.05) is 12.8 Å². The van der Waals surface area contributed by atoms with Gasteiger partial charge in [-0.1, -0.05) is 35.6 Å². The fourth-order valence-corrected chi connectivity index (χ4v) is 3.69. The van der Waals surface area contributed by atoms with Crippen molar-refractivity contribution in [3.05, 3.63) is 68.7 Å². The molecule has 8 heteroatoms. The highest BCUT2D eigenvalue weighted by molar-refractivity contribution is 7.73. The number of anilines is 1. The molecule has 0 saturated carbocycles. The lowest BCUT2D eigenvalue weighted by molar-refractivity contribution is 0.0955. The molecule has 26 heavy (non-hydrogen) atoms. The van der Waals surface area contributed by atoms with Gasteiger partial charge in [-0.25, -0.2) is 4.39 Å². The first-order valence-electron chi connectivity index (χ1n) is 7.68. The fraction of sp³-hybridized carbons (Fsp3) is 0.111. The number of nitrogens with zero attached hydrogens (tertiary/aromatic N) is 1. The van der Waals surface area contributed by atoms with E-state index in [2.05, 4.69) is 5.32 Å². The van der Waals surface area contributed by atoms with Crippen LogP contribution in [0, 0.1) is 9.77 Å². The van der Waals surface area contributed by atoms with Crippen LogP contribution >= 0.6 is 23.6 Å². The van der Waals surface area contributed by atoms with Crippen molar-refractivity contribution in [1.82, 2.24) is 9.88 Å². The number of nitrogen functional groups attached to an aromatic ring is 1. The molecular formula is C18H16FN3O2S2. The van der Waals surface area contributed by atoms with Crippen LogP contribution in [0.15, 0.2) is 48.5 Å². The van der Waals surface area contributed by atoms with E-state index in [1.807, 2.05) is 24.3 Å². The van der Waals surface area contributed by atoms with Gasteiger partial charge >= 0.3 is 0 Å². The highest BCUT2D eigenvalue weighted by atomic mass is 32.1. The molecule has 0 saturated heterocycles. The van der Waals surface area contributed by atoms with E-state index < -0.39 is 5.82 Å². The van der Waals surface area contributed by atoms with Gasteiger partial charge in [0.05, 0.1) is 12.8 Å². The number of hydrogen-bond acceptors (Lipinski definition) is 5. The summed E-state index contributed by atoms with van der Waals surface area (Å²) in [5.74, 6) is 0.0457. The zero-order chi connectivity index (χ0) is 18.7. The molecule has 0 bridgehead atoms. The average molecular weight is 389 g/mol. The van der Waals surface area contributed by atoms with E-state index in [0.717, 1.165) is 22.6 Å². The predicted octanol–water partition coefficient (Wildman–Crippen LogP) is 3.93. The molecule has 0 spiro atoms. The minimum absolute atomic E-state index is 0.123. The summed E-state index contributed by atoms with van der Waals surface area (Å²) in [6.45, 7) is 0.326. The van der Waals surface area contributed by atoms with Gasteiger partial charge in [-0.05, 0) is 42.0 Å². The van der Waals surface area contributed by atoms with Crippen LogP contribution in [0.2, 0.25) is 0 Å². The van der Waals surface area contributed by atoms with Gasteiger partial charge < -0.3 is 15.8 Å². The molecule has 3 N–H and O–H groups in total. The standard InChI is InChI=1S/C18H16FN3O2S2/c1-24-12-8-6-11(7-9-12)10-21-17(23)15-16(20)22(18(25)26-15)14-5-3-2-4-13(14)19/h2-9H,10,20H2,1H3,(H,21,23). The number of ether oxygens (including phenoxy) is 1. The number of rotatable bonds is 5. The van der Waals surface area contributed by atoms with Gasteiger partial charge in [0.1, 0.15) is 22.3 Å². The molecule has 5 nitrogen and oxygen atoms in total. The number of methoxy groups -OCH3 is 1.